The number of carbonyl (C=O) groups excluding carboxylic acids is 1. The van der Waals surface area contributed by atoms with Crippen LogP contribution in [0.5, 0.6) is 5.75 Å². The number of hydrogen-bond acceptors (Lipinski definition) is 3. The van der Waals surface area contributed by atoms with Crippen molar-refractivity contribution in [2.45, 2.75) is 12.8 Å². The zero-order chi connectivity index (χ0) is 10.8. The monoisotopic (exact) mass is 225 g/mol. The van der Waals surface area contributed by atoms with E-state index < -0.39 is 0 Å². The van der Waals surface area contributed by atoms with Crippen LogP contribution >= 0.6 is 11.6 Å². The van der Waals surface area contributed by atoms with Gasteiger partial charge >= 0.3 is 0 Å². The molecule has 0 saturated heterocycles. The molecule has 0 atom stereocenters. The normalized spacial score (nSPS) is 13.5. The first kappa shape index (κ1) is 10.5. The van der Waals surface area contributed by atoms with Gasteiger partial charge in [0.25, 0.3) is 0 Å². The van der Waals surface area contributed by atoms with Gasteiger partial charge in [0, 0.05) is 18.4 Å². The Hall–Kier alpha value is -1.06. The highest BCUT2D eigenvalue weighted by Crippen LogP contribution is 2.34. The summed E-state index contributed by atoms with van der Waals surface area (Å²) in [7, 11) is 0. The number of ether oxygens (including phenoxy) is 1. The van der Waals surface area contributed by atoms with Crippen molar-refractivity contribution in [3.63, 3.8) is 0 Å². The molecule has 0 spiro atoms. The molecule has 2 N–H and O–H groups in total. The molecular weight excluding hydrogens is 214 g/mol. The Morgan fingerprint density at radius 2 is 2.33 bits per heavy atom. The van der Waals surface area contributed by atoms with Crippen LogP contribution in [0.3, 0.4) is 0 Å². The maximum atomic E-state index is 11.6. The molecule has 0 unspecified atom stereocenters. The van der Waals surface area contributed by atoms with E-state index in [1.165, 1.54) is 0 Å². The van der Waals surface area contributed by atoms with Crippen LogP contribution in [0.1, 0.15) is 22.3 Å². The molecule has 0 radical (unpaired) electrons. The second kappa shape index (κ2) is 4.21. The number of carbonyl (C=O) groups is 1. The van der Waals surface area contributed by atoms with E-state index in [-0.39, 0.29) is 5.78 Å². The SMILES string of the molecule is NCCC(=O)c1cc(Cl)c2c(c1)CCO2. The second-order valence-electron chi connectivity index (χ2n) is 3.51. The minimum absolute atomic E-state index is 0.0362. The number of halogens is 1. The van der Waals surface area contributed by atoms with Crippen LogP contribution < -0.4 is 10.5 Å². The van der Waals surface area contributed by atoms with Gasteiger partial charge in [0.05, 0.1) is 11.6 Å². The first-order chi connectivity index (χ1) is 7.22. The van der Waals surface area contributed by atoms with Crippen molar-refractivity contribution in [2.24, 2.45) is 5.73 Å². The number of rotatable bonds is 3. The third-order valence-electron chi connectivity index (χ3n) is 2.43. The van der Waals surface area contributed by atoms with E-state index in [9.17, 15) is 4.79 Å². The fourth-order valence-corrected chi connectivity index (χ4v) is 1.99. The van der Waals surface area contributed by atoms with E-state index in [4.69, 9.17) is 22.1 Å². The first-order valence-corrected chi connectivity index (χ1v) is 5.28. The Morgan fingerprint density at radius 1 is 1.53 bits per heavy atom. The van der Waals surface area contributed by atoms with Crippen molar-refractivity contribution in [1.29, 1.82) is 0 Å². The number of benzene rings is 1. The van der Waals surface area contributed by atoms with Gasteiger partial charge in [-0.1, -0.05) is 11.6 Å². The van der Waals surface area contributed by atoms with E-state index in [0.717, 1.165) is 17.7 Å². The van der Waals surface area contributed by atoms with Crippen molar-refractivity contribution in [1.82, 2.24) is 0 Å². The molecule has 0 amide bonds. The standard InChI is InChI=1S/C11H12ClNO2/c12-9-6-8(10(14)1-3-13)5-7-2-4-15-11(7)9/h5-6H,1-4,13H2. The lowest BCUT2D eigenvalue weighted by molar-refractivity contribution is 0.0985. The van der Waals surface area contributed by atoms with Crippen LogP contribution in [0.15, 0.2) is 12.1 Å². The average molecular weight is 226 g/mol. The Bertz CT molecular complexity index is 404. The van der Waals surface area contributed by atoms with Gasteiger partial charge in [0.2, 0.25) is 0 Å². The topological polar surface area (TPSA) is 52.3 Å². The molecule has 0 aromatic heterocycles. The predicted molar refractivity (Wildman–Crippen MR) is 58.7 cm³/mol. The summed E-state index contributed by atoms with van der Waals surface area (Å²) in [5.74, 6) is 0.759. The fraction of sp³-hybridized carbons (Fsp3) is 0.364. The molecule has 1 aromatic rings. The van der Waals surface area contributed by atoms with Crippen molar-refractivity contribution in [2.75, 3.05) is 13.2 Å². The second-order valence-corrected chi connectivity index (χ2v) is 3.91. The molecule has 80 valence electrons. The number of Topliss-reactive ketones (excluding diaryl/α,β-unsaturated/α-hetero) is 1. The summed E-state index contributed by atoms with van der Waals surface area (Å²) >= 11 is 6.01. The summed E-state index contributed by atoms with van der Waals surface area (Å²) in [4.78, 5) is 11.6. The lowest BCUT2D eigenvalue weighted by Gasteiger charge is -2.05. The van der Waals surface area contributed by atoms with Crippen LogP contribution in [0, 0.1) is 0 Å². The van der Waals surface area contributed by atoms with Gasteiger partial charge in [-0.3, -0.25) is 4.79 Å². The molecule has 0 saturated carbocycles. The molecule has 3 nitrogen and oxygen atoms in total. The minimum Gasteiger partial charge on any atom is -0.491 e. The lowest BCUT2D eigenvalue weighted by atomic mass is 10.0. The van der Waals surface area contributed by atoms with Crippen LogP contribution in [0.4, 0.5) is 0 Å². The maximum Gasteiger partial charge on any atom is 0.164 e. The van der Waals surface area contributed by atoms with Gasteiger partial charge in [-0.05, 0) is 24.2 Å². The van der Waals surface area contributed by atoms with E-state index >= 15 is 0 Å². The summed E-state index contributed by atoms with van der Waals surface area (Å²) in [6.45, 7) is 1.01. The molecule has 0 fully saturated rings. The molecule has 0 aliphatic carbocycles. The molecule has 1 heterocycles. The van der Waals surface area contributed by atoms with Gasteiger partial charge in [-0.15, -0.1) is 0 Å². The molecule has 15 heavy (non-hydrogen) atoms. The summed E-state index contributed by atoms with van der Waals surface area (Å²) < 4.78 is 5.36. The number of nitrogens with two attached hydrogens (primary N) is 1. The molecule has 1 aromatic carbocycles. The third kappa shape index (κ3) is 1.98. The number of ketones is 1. The van der Waals surface area contributed by atoms with Gasteiger partial charge in [0.15, 0.2) is 5.78 Å². The quantitative estimate of drug-likeness (QED) is 0.799. The van der Waals surface area contributed by atoms with E-state index in [2.05, 4.69) is 0 Å². The van der Waals surface area contributed by atoms with Crippen molar-refractivity contribution in [3.05, 3.63) is 28.3 Å². The average Bonchev–Trinajstić information content (AvgIpc) is 2.66. The van der Waals surface area contributed by atoms with Crippen molar-refractivity contribution < 1.29 is 9.53 Å². The van der Waals surface area contributed by atoms with Crippen LogP contribution in [0.25, 0.3) is 0 Å². The summed E-state index contributed by atoms with van der Waals surface area (Å²) in [5, 5.41) is 0.519. The molecule has 0 bridgehead atoms. The predicted octanol–water partition coefficient (Wildman–Crippen LogP) is 1.81. The Labute approximate surface area is 93.2 Å². The molecule has 4 heteroatoms. The largest absolute Gasteiger partial charge is 0.491 e. The number of hydrogen-bond donors (Lipinski definition) is 1. The smallest absolute Gasteiger partial charge is 0.164 e. The van der Waals surface area contributed by atoms with E-state index in [1.807, 2.05) is 6.07 Å². The van der Waals surface area contributed by atoms with Crippen LogP contribution in [-0.4, -0.2) is 18.9 Å². The highest BCUT2D eigenvalue weighted by molar-refractivity contribution is 6.32. The highest BCUT2D eigenvalue weighted by atomic mass is 35.5. The molecule has 1 aliphatic heterocycles. The van der Waals surface area contributed by atoms with Gasteiger partial charge in [-0.2, -0.15) is 0 Å². The summed E-state index contributed by atoms with van der Waals surface area (Å²) in [5.41, 5.74) is 6.99. The lowest BCUT2D eigenvalue weighted by Crippen LogP contribution is -2.08. The van der Waals surface area contributed by atoms with Gasteiger partial charge in [0.1, 0.15) is 5.75 Å². The zero-order valence-electron chi connectivity index (χ0n) is 8.25. The van der Waals surface area contributed by atoms with E-state index in [1.54, 1.807) is 6.07 Å². The molecular formula is C11H12ClNO2. The van der Waals surface area contributed by atoms with Gasteiger partial charge in [-0.25, -0.2) is 0 Å². The number of fused-ring (bicyclic) bond motifs is 1. The van der Waals surface area contributed by atoms with Gasteiger partial charge < -0.3 is 10.5 Å². The Balaban J connectivity index is 2.35. The van der Waals surface area contributed by atoms with Crippen LogP contribution in [-0.2, 0) is 6.42 Å². The first-order valence-electron chi connectivity index (χ1n) is 4.91. The summed E-state index contributed by atoms with van der Waals surface area (Å²) in [6, 6.07) is 3.51. The summed E-state index contributed by atoms with van der Waals surface area (Å²) in [6.07, 6.45) is 1.18. The Morgan fingerprint density at radius 3 is 3.07 bits per heavy atom. The zero-order valence-corrected chi connectivity index (χ0v) is 9.01. The Kier molecular flexibility index (Phi) is 2.93. The minimum atomic E-state index is 0.0362. The highest BCUT2D eigenvalue weighted by Gasteiger charge is 2.18. The van der Waals surface area contributed by atoms with Crippen molar-refractivity contribution in [3.8, 4) is 5.75 Å². The van der Waals surface area contributed by atoms with E-state index in [0.29, 0.717) is 30.2 Å². The fourth-order valence-electron chi connectivity index (χ4n) is 1.70. The maximum absolute atomic E-state index is 11.6. The van der Waals surface area contributed by atoms with Crippen LogP contribution in [0.2, 0.25) is 5.02 Å². The molecule has 1 aliphatic rings. The molecule has 2 rings (SSSR count). The third-order valence-corrected chi connectivity index (χ3v) is 2.71. The van der Waals surface area contributed by atoms with Crippen molar-refractivity contribution >= 4 is 17.4 Å².